The summed E-state index contributed by atoms with van der Waals surface area (Å²) >= 11 is 0. The van der Waals surface area contributed by atoms with Gasteiger partial charge in [-0.15, -0.1) is 6.42 Å². The van der Waals surface area contributed by atoms with E-state index >= 15 is 0 Å². The number of hydrogen-bond acceptors (Lipinski definition) is 3. The van der Waals surface area contributed by atoms with Crippen molar-refractivity contribution in [3.8, 4) is 12.3 Å². The van der Waals surface area contributed by atoms with Gasteiger partial charge in [0.05, 0.1) is 5.54 Å². The summed E-state index contributed by atoms with van der Waals surface area (Å²) in [7, 11) is 0. The first-order valence-electron chi connectivity index (χ1n) is 7.48. The van der Waals surface area contributed by atoms with Gasteiger partial charge in [-0.05, 0) is 46.7 Å². The number of nitrogens with zero attached hydrogens (tertiary/aromatic N) is 2. The molecule has 4 nitrogen and oxygen atoms in total. The Morgan fingerprint density at radius 1 is 1.30 bits per heavy atom. The van der Waals surface area contributed by atoms with Crippen LogP contribution in [-0.4, -0.2) is 53.2 Å². The first-order valence-corrected chi connectivity index (χ1v) is 7.48. The largest absolute Gasteiger partial charge is 0.444 e. The topological polar surface area (TPSA) is 32.8 Å². The molecule has 0 aromatic rings. The third kappa shape index (κ3) is 3.89. The van der Waals surface area contributed by atoms with E-state index in [4.69, 9.17) is 11.2 Å². The molecule has 114 valence electrons. The Morgan fingerprint density at radius 3 is 2.15 bits per heavy atom. The average Bonchev–Trinajstić information content (AvgIpc) is 2.38. The first-order chi connectivity index (χ1) is 9.28. The number of piperidine rings is 1. The Bertz CT molecular complexity index is 367. The molecule has 0 bridgehead atoms. The summed E-state index contributed by atoms with van der Waals surface area (Å²) in [6.07, 6.45) is 7.17. The maximum absolute atomic E-state index is 12.1. The van der Waals surface area contributed by atoms with Crippen LogP contribution >= 0.6 is 0 Å². The van der Waals surface area contributed by atoms with Crippen LogP contribution in [0.3, 0.4) is 0 Å². The quantitative estimate of drug-likeness (QED) is 0.745. The molecular weight excluding hydrogens is 252 g/mol. The summed E-state index contributed by atoms with van der Waals surface area (Å²) in [4.78, 5) is 16.1. The van der Waals surface area contributed by atoms with Crippen molar-refractivity contribution in [2.75, 3.05) is 26.2 Å². The zero-order valence-corrected chi connectivity index (χ0v) is 13.5. The molecule has 1 aliphatic heterocycles. The van der Waals surface area contributed by atoms with Gasteiger partial charge < -0.3 is 9.64 Å². The lowest BCUT2D eigenvalue weighted by Crippen LogP contribution is -2.55. The van der Waals surface area contributed by atoms with Gasteiger partial charge in [0.15, 0.2) is 0 Å². The molecule has 1 heterocycles. The molecule has 0 spiro atoms. The summed E-state index contributed by atoms with van der Waals surface area (Å²) in [6.45, 7) is 13.1. The van der Waals surface area contributed by atoms with Crippen LogP contribution in [0, 0.1) is 12.3 Å². The maximum Gasteiger partial charge on any atom is 0.410 e. The Kier molecular flexibility index (Phi) is 5.47. The molecule has 1 saturated heterocycles. The summed E-state index contributed by atoms with van der Waals surface area (Å²) < 4.78 is 5.41. The second-order valence-electron chi connectivity index (χ2n) is 6.32. The summed E-state index contributed by atoms with van der Waals surface area (Å²) in [6, 6.07) is 0. The molecule has 0 radical (unpaired) electrons. The second-order valence-corrected chi connectivity index (χ2v) is 6.32. The minimum absolute atomic E-state index is 0.206. The fourth-order valence-corrected chi connectivity index (χ4v) is 2.77. The van der Waals surface area contributed by atoms with Crippen molar-refractivity contribution < 1.29 is 9.53 Å². The molecule has 1 amide bonds. The van der Waals surface area contributed by atoms with Crippen LogP contribution < -0.4 is 0 Å². The molecule has 1 fully saturated rings. The molecule has 0 saturated carbocycles. The first kappa shape index (κ1) is 16.8. The normalized spacial score (nSPS) is 18.8. The smallest absolute Gasteiger partial charge is 0.410 e. The van der Waals surface area contributed by atoms with Crippen molar-refractivity contribution >= 4 is 6.09 Å². The third-order valence-corrected chi connectivity index (χ3v) is 3.88. The van der Waals surface area contributed by atoms with Crippen LogP contribution in [0.15, 0.2) is 0 Å². The van der Waals surface area contributed by atoms with E-state index in [-0.39, 0.29) is 11.6 Å². The number of carbonyl (C=O) groups is 1. The molecule has 20 heavy (non-hydrogen) atoms. The van der Waals surface area contributed by atoms with Crippen LogP contribution in [0.2, 0.25) is 0 Å². The molecule has 0 unspecified atom stereocenters. The Labute approximate surface area is 123 Å². The van der Waals surface area contributed by atoms with Crippen LogP contribution in [-0.2, 0) is 4.74 Å². The van der Waals surface area contributed by atoms with Gasteiger partial charge in [0.25, 0.3) is 0 Å². The van der Waals surface area contributed by atoms with E-state index in [0.29, 0.717) is 13.1 Å². The number of carbonyl (C=O) groups excluding carboxylic acids is 1. The Morgan fingerprint density at radius 2 is 1.80 bits per heavy atom. The number of likely N-dealkylation sites (tertiary alicyclic amines) is 1. The minimum Gasteiger partial charge on any atom is -0.444 e. The fourth-order valence-electron chi connectivity index (χ4n) is 2.77. The van der Waals surface area contributed by atoms with Crippen molar-refractivity contribution in [3.63, 3.8) is 0 Å². The highest BCUT2D eigenvalue weighted by Crippen LogP contribution is 2.29. The van der Waals surface area contributed by atoms with Crippen molar-refractivity contribution in [2.24, 2.45) is 0 Å². The molecule has 4 heteroatoms. The van der Waals surface area contributed by atoms with E-state index < -0.39 is 5.60 Å². The predicted molar refractivity (Wildman–Crippen MR) is 81.5 cm³/mol. The zero-order chi connectivity index (χ0) is 15.4. The lowest BCUT2D eigenvalue weighted by Gasteiger charge is -2.45. The highest BCUT2D eigenvalue weighted by Gasteiger charge is 2.39. The average molecular weight is 280 g/mol. The SMILES string of the molecule is C#CC1(N(CC)CC)CCN(C(=O)OC(C)(C)C)CC1. The van der Waals surface area contributed by atoms with Gasteiger partial charge in [-0.2, -0.15) is 0 Å². The Hall–Kier alpha value is -1.21. The molecule has 1 rings (SSSR count). The lowest BCUT2D eigenvalue weighted by molar-refractivity contribution is 0.00766. The van der Waals surface area contributed by atoms with Crippen LogP contribution in [0.25, 0.3) is 0 Å². The van der Waals surface area contributed by atoms with Crippen molar-refractivity contribution in [1.29, 1.82) is 0 Å². The van der Waals surface area contributed by atoms with Gasteiger partial charge >= 0.3 is 6.09 Å². The molecule has 0 atom stereocenters. The van der Waals surface area contributed by atoms with Gasteiger partial charge in [0.1, 0.15) is 5.60 Å². The number of terminal acetylenes is 1. The summed E-state index contributed by atoms with van der Waals surface area (Å²) in [5.74, 6) is 2.97. The standard InChI is InChI=1S/C16H28N2O2/c1-7-16(18(8-2)9-3)10-12-17(13-11-16)14(19)20-15(4,5)6/h1H,8-13H2,2-6H3. The van der Waals surface area contributed by atoms with E-state index in [1.165, 1.54) is 0 Å². The molecule has 0 aliphatic carbocycles. The monoisotopic (exact) mass is 280 g/mol. The molecule has 0 N–H and O–H groups in total. The van der Waals surface area contributed by atoms with Crippen molar-refractivity contribution in [3.05, 3.63) is 0 Å². The van der Waals surface area contributed by atoms with Crippen LogP contribution in [0.5, 0.6) is 0 Å². The number of hydrogen-bond donors (Lipinski definition) is 0. The highest BCUT2D eigenvalue weighted by atomic mass is 16.6. The van der Waals surface area contributed by atoms with Gasteiger partial charge in [-0.25, -0.2) is 4.79 Å². The van der Waals surface area contributed by atoms with Crippen molar-refractivity contribution in [2.45, 2.75) is 58.6 Å². The van der Waals surface area contributed by atoms with E-state index in [1.807, 2.05) is 20.8 Å². The molecule has 0 aromatic heterocycles. The number of ether oxygens (including phenoxy) is 1. The molecule has 1 aliphatic rings. The van der Waals surface area contributed by atoms with Gasteiger partial charge in [-0.1, -0.05) is 19.8 Å². The van der Waals surface area contributed by atoms with Gasteiger partial charge in [-0.3, -0.25) is 4.90 Å². The highest BCUT2D eigenvalue weighted by molar-refractivity contribution is 5.68. The molecule has 0 aromatic carbocycles. The predicted octanol–water partition coefficient (Wildman–Crippen LogP) is 2.73. The summed E-state index contributed by atoms with van der Waals surface area (Å²) in [5.41, 5.74) is -0.654. The minimum atomic E-state index is -0.448. The number of amides is 1. The van der Waals surface area contributed by atoms with E-state index in [2.05, 4.69) is 24.7 Å². The van der Waals surface area contributed by atoms with E-state index in [0.717, 1.165) is 25.9 Å². The molecular formula is C16H28N2O2. The van der Waals surface area contributed by atoms with E-state index in [9.17, 15) is 4.79 Å². The van der Waals surface area contributed by atoms with Crippen LogP contribution in [0.1, 0.15) is 47.5 Å². The third-order valence-electron chi connectivity index (χ3n) is 3.88. The second kappa shape index (κ2) is 6.49. The van der Waals surface area contributed by atoms with Crippen molar-refractivity contribution in [1.82, 2.24) is 9.80 Å². The van der Waals surface area contributed by atoms with Crippen LogP contribution in [0.4, 0.5) is 4.79 Å². The van der Waals surface area contributed by atoms with Gasteiger partial charge in [0.2, 0.25) is 0 Å². The number of rotatable bonds is 3. The summed E-state index contributed by atoms with van der Waals surface area (Å²) in [5, 5.41) is 0. The van der Waals surface area contributed by atoms with E-state index in [1.54, 1.807) is 4.90 Å². The lowest BCUT2D eigenvalue weighted by atomic mass is 9.86. The Balaban J connectivity index is 2.67. The zero-order valence-electron chi connectivity index (χ0n) is 13.5. The van der Waals surface area contributed by atoms with Gasteiger partial charge in [0, 0.05) is 13.1 Å². The maximum atomic E-state index is 12.1. The fraction of sp³-hybridized carbons (Fsp3) is 0.812.